The van der Waals surface area contributed by atoms with Crippen molar-refractivity contribution in [3.63, 3.8) is 0 Å². The minimum Gasteiger partial charge on any atom is -0.397 e. The van der Waals surface area contributed by atoms with Crippen molar-refractivity contribution in [2.45, 2.75) is 49.4 Å². The lowest BCUT2D eigenvalue weighted by Gasteiger charge is -2.27. The molecule has 236 valence electrons. The van der Waals surface area contributed by atoms with Crippen molar-refractivity contribution in [2.24, 2.45) is 0 Å². The van der Waals surface area contributed by atoms with Crippen LogP contribution in [0.4, 0.5) is 11.6 Å². The molecule has 23 heteroatoms. The number of aliphatic hydroxyl groups is 1. The second-order valence-electron chi connectivity index (χ2n) is 10.2. The molecule has 7 heterocycles. The third-order valence-corrected chi connectivity index (χ3v) is 10.5. The zero-order valence-corrected chi connectivity index (χ0v) is 25.6. The van der Waals surface area contributed by atoms with E-state index in [4.69, 9.17) is 62.6 Å². The second-order valence-corrected chi connectivity index (χ2v) is 15.7. The van der Waals surface area contributed by atoms with Gasteiger partial charge in [0.25, 0.3) is 5.56 Å². The molecule has 44 heavy (non-hydrogen) atoms. The van der Waals surface area contributed by atoms with E-state index in [2.05, 4.69) is 24.9 Å². The fourth-order valence-electron chi connectivity index (χ4n) is 5.34. The van der Waals surface area contributed by atoms with Gasteiger partial charge in [-0.25, -0.2) is 15.0 Å². The van der Waals surface area contributed by atoms with Crippen molar-refractivity contribution < 1.29 is 42.5 Å². The van der Waals surface area contributed by atoms with Crippen LogP contribution in [0.25, 0.3) is 22.3 Å². The number of pyridine rings is 1. The zero-order valence-electron chi connectivity index (χ0n) is 22.2. The Bertz CT molecular complexity index is 1910. The van der Waals surface area contributed by atoms with Crippen LogP contribution in [-0.2, 0) is 51.2 Å². The number of nitrogens with two attached hydrogens (primary N) is 2. The van der Waals surface area contributed by atoms with E-state index in [1.807, 2.05) is 0 Å². The van der Waals surface area contributed by atoms with Gasteiger partial charge in [0.1, 0.15) is 36.2 Å². The van der Waals surface area contributed by atoms with Crippen LogP contribution in [0, 0.1) is 0 Å². The predicted molar refractivity (Wildman–Crippen MR) is 158 cm³/mol. The van der Waals surface area contributed by atoms with E-state index < -0.39 is 68.6 Å². The van der Waals surface area contributed by atoms with E-state index in [-0.39, 0.29) is 30.1 Å². The summed E-state index contributed by atoms with van der Waals surface area (Å²) in [5.74, 6) is -0.191. The van der Waals surface area contributed by atoms with Crippen molar-refractivity contribution in [3.05, 3.63) is 35.3 Å². The molecule has 3 fully saturated rings. The van der Waals surface area contributed by atoms with Gasteiger partial charge in [0.15, 0.2) is 23.0 Å². The summed E-state index contributed by atoms with van der Waals surface area (Å²) in [5.41, 5.74) is 12.4. The molecule has 3 aliphatic heterocycles. The van der Waals surface area contributed by atoms with Gasteiger partial charge < -0.3 is 49.4 Å². The zero-order chi connectivity index (χ0) is 31.0. The Labute approximate surface area is 256 Å². The summed E-state index contributed by atoms with van der Waals surface area (Å²) < 4.78 is 38.0. The van der Waals surface area contributed by atoms with Gasteiger partial charge >= 0.3 is 13.4 Å². The molecule has 8 N–H and O–H groups in total. The topological polar surface area (TPSA) is 262 Å². The number of rotatable bonds is 2. The molecule has 0 amide bonds. The van der Waals surface area contributed by atoms with Crippen molar-refractivity contribution in [1.82, 2.24) is 34.1 Å². The van der Waals surface area contributed by atoms with E-state index >= 15 is 0 Å². The van der Waals surface area contributed by atoms with Crippen LogP contribution < -0.4 is 17.0 Å². The highest BCUT2D eigenvalue weighted by molar-refractivity contribution is 8.07. The Morgan fingerprint density at radius 2 is 1.64 bits per heavy atom. The van der Waals surface area contributed by atoms with E-state index in [1.165, 1.54) is 23.4 Å². The number of aromatic amines is 1. The fraction of sp³-hybridized carbons (Fsp3) is 0.476. The first kappa shape index (κ1) is 30.2. The van der Waals surface area contributed by atoms with Crippen molar-refractivity contribution in [2.75, 3.05) is 24.7 Å². The van der Waals surface area contributed by atoms with Crippen LogP contribution in [-0.4, -0.2) is 92.7 Å². The number of hydrogen-bond donors (Lipinski definition) is 6. The minimum atomic E-state index is -4.12. The molecule has 0 spiro atoms. The number of nitrogens with one attached hydrogen (secondary N) is 1. The Morgan fingerprint density at radius 3 is 2.43 bits per heavy atom. The smallest absolute Gasteiger partial charge is 0.325 e. The van der Waals surface area contributed by atoms with Gasteiger partial charge in [-0.1, -0.05) is 0 Å². The van der Waals surface area contributed by atoms with Crippen LogP contribution in [0.2, 0.25) is 0 Å². The summed E-state index contributed by atoms with van der Waals surface area (Å²) in [6.45, 7) is -8.89. The Hall–Kier alpha value is -2.49. The monoisotopic (exact) mass is 689 g/mol. The van der Waals surface area contributed by atoms with E-state index in [0.29, 0.717) is 16.9 Å². The quantitative estimate of drug-likeness (QED) is 0.145. The lowest BCUT2D eigenvalue weighted by molar-refractivity contribution is -0.0600. The largest absolute Gasteiger partial charge is 0.397 e. The summed E-state index contributed by atoms with van der Waals surface area (Å²) in [4.78, 5) is 53.6. The molecule has 19 nitrogen and oxygen atoms in total. The first-order chi connectivity index (χ1) is 20.9. The van der Waals surface area contributed by atoms with Crippen LogP contribution in [0.15, 0.2) is 29.7 Å². The number of H-pyrrole nitrogens is 1. The number of aliphatic hydroxyl groups excluding tert-OH is 1. The van der Waals surface area contributed by atoms with Crippen molar-refractivity contribution >= 4 is 71.0 Å². The maximum absolute atomic E-state index is 12.3. The minimum absolute atomic E-state index is 0.0130. The molecule has 2 bridgehead atoms. The number of ether oxygens (including phenoxy) is 2. The molecule has 3 aliphatic rings. The lowest BCUT2D eigenvalue weighted by Crippen LogP contribution is -2.35. The van der Waals surface area contributed by atoms with Crippen LogP contribution >= 0.6 is 13.4 Å². The third kappa shape index (κ3) is 5.47. The van der Waals surface area contributed by atoms with Gasteiger partial charge in [-0.15, -0.1) is 0 Å². The molecule has 0 saturated carbocycles. The Kier molecular flexibility index (Phi) is 7.61. The Morgan fingerprint density at radius 1 is 0.932 bits per heavy atom. The summed E-state index contributed by atoms with van der Waals surface area (Å²) >= 11 is 10.6. The molecule has 0 radical (unpaired) electrons. The molecule has 3 saturated heterocycles. The third-order valence-electron chi connectivity index (χ3n) is 7.35. The first-order valence-corrected chi connectivity index (χ1v) is 18.2. The summed E-state index contributed by atoms with van der Waals surface area (Å²) in [7, 11) is 0. The highest BCUT2D eigenvalue weighted by Crippen LogP contribution is 2.54. The van der Waals surface area contributed by atoms with E-state index in [0.717, 1.165) is 0 Å². The molecule has 4 aromatic rings. The number of hydrogen-bond acceptors (Lipinski definition) is 16. The van der Waals surface area contributed by atoms with Crippen LogP contribution in [0.3, 0.4) is 0 Å². The summed E-state index contributed by atoms with van der Waals surface area (Å²) in [5, 5.41) is 11.2. The number of nitrogens with zero attached hydrogens (tertiary/aromatic N) is 6. The highest BCUT2D eigenvalue weighted by Gasteiger charge is 2.50. The van der Waals surface area contributed by atoms with Crippen LogP contribution in [0.1, 0.15) is 18.9 Å². The average Bonchev–Trinajstić information content (AvgIpc) is 3.72. The van der Waals surface area contributed by atoms with E-state index in [9.17, 15) is 19.7 Å². The number of imidazole rings is 2. The number of nitrogen functional groups attached to an aromatic ring is 2. The molecule has 0 aromatic carbocycles. The maximum Gasteiger partial charge on any atom is 0.325 e. The summed E-state index contributed by atoms with van der Waals surface area (Å²) in [6.07, 6.45) is -3.35. The number of aromatic nitrogens is 7. The summed E-state index contributed by atoms with van der Waals surface area (Å²) in [6, 6.07) is 1.62. The lowest BCUT2D eigenvalue weighted by atomic mass is 10.1. The Balaban J connectivity index is 1.19. The molecule has 4 aromatic heterocycles. The fourth-order valence-corrected chi connectivity index (χ4v) is 8.23. The van der Waals surface area contributed by atoms with E-state index in [1.54, 1.807) is 10.6 Å². The number of fused-ring (bicyclic) bond motifs is 5. The number of anilines is 2. The molecular weight excluding hydrogens is 664 g/mol. The van der Waals surface area contributed by atoms with Crippen molar-refractivity contribution in [1.29, 1.82) is 0 Å². The average molecular weight is 690 g/mol. The molecule has 9 atom stereocenters. The molecular formula is C21H25N9O10P2S2. The second kappa shape index (κ2) is 11.1. The van der Waals surface area contributed by atoms with Gasteiger partial charge in [-0.3, -0.25) is 23.4 Å². The standard InChI is InChI=1S/C21H25N9O10P2S2/c22-8-1-2-24-17-13(8)25-6-29(17)12-3-9-10(37-12)4-35-42(34,44)40-16-15(31)11(5-36-41(33,43)39-9)38-20(16)30-7-26-14-18(30)27-21(23)28-19(14)32/h1-2,6-7,9-12,15-16,20,31H,3-5H2,(H2,22,24)(H,33,43)(H,34,44)(H3,23,27,28,32)/t9?,10-,11-,12-,15?,16+,20-,41?,42?/m1/s1. The SMILES string of the molecule is Nc1nc2c(ncn2[C@@H]2O[C@@H]3COP(O)(=S)OC4C[C@H](n5cnc6c(N)ccnc65)O[C@@H]4COP(O)(=S)O[C@H]2C3O)c(=O)[nH]1. The maximum atomic E-state index is 12.3. The van der Waals surface area contributed by atoms with Gasteiger partial charge in [-0.05, 0) is 29.7 Å². The molecule has 4 unspecified atom stereocenters. The first-order valence-electron chi connectivity index (χ1n) is 13.0. The van der Waals surface area contributed by atoms with Gasteiger partial charge in [0.05, 0.1) is 37.7 Å². The van der Waals surface area contributed by atoms with Gasteiger partial charge in [0.2, 0.25) is 5.95 Å². The molecule has 7 rings (SSSR count). The predicted octanol–water partition coefficient (Wildman–Crippen LogP) is -0.475. The van der Waals surface area contributed by atoms with Crippen LogP contribution in [0.5, 0.6) is 0 Å². The van der Waals surface area contributed by atoms with Gasteiger partial charge in [0, 0.05) is 12.6 Å². The highest BCUT2D eigenvalue weighted by atomic mass is 32.5. The molecule has 0 aliphatic carbocycles. The van der Waals surface area contributed by atoms with Gasteiger partial charge in [-0.2, -0.15) is 4.98 Å². The normalized spacial score (nSPS) is 36.6. The van der Waals surface area contributed by atoms with Crippen molar-refractivity contribution in [3.8, 4) is 0 Å².